The van der Waals surface area contributed by atoms with Gasteiger partial charge in [0.05, 0.1) is 6.21 Å². The minimum atomic E-state index is -0.368. The predicted molar refractivity (Wildman–Crippen MR) is 30.7 cm³/mol. The monoisotopic (exact) mass is 135 g/mol. The zero-order valence-corrected chi connectivity index (χ0v) is 4.87. The van der Waals surface area contributed by atoms with Crippen LogP contribution in [0.25, 0.3) is 0 Å². The van der Waals surface area contributed by atoms with Gasteiger partial charge < -0.3 is 0 Å². The second-order valence-electron chi connectivity index (χ2n) is 1.01. The third-order valence-electron chi connectivity index (χ3n) is 0.511. The number of thioether (sulfide) groups is 1. The van der Waals surface area contributed by atoms with E-state index in [4.69, 9.17) is 11.6 Å². The molecule has 7 heavy (non-hydrogen) atoms. The van der Waals surface area contributed by atoms with Crippen LogP contribution < -0.4 is 0 Å². The summed E-state index contributed by atoms with van der Waals surface area (Å²) >= 11 is 6.38. The Kier molecular flexibility index (Phi) is 1.35. The fourth-order valence-electron chi connectivity index (χ4n) is 0.276. The number of hydrogen-bond acceptors (Lipinski definition) is 3. The summed E-state index contributed by atoms with van der Waals surface area (Å²) in [5.74, 6) is 0. The average Bonchev–Trinajstić information content (AvgIpc) is 1.87. The standard InChI is InChI=1S/C3H2ClNOS/c4-3-5-1-2(6)7-3/h1,3H. The first-order valence-electron chi connectivity index (χ1n) is 1.67. The maximum absolute atomic E-state index is 10.2. The van der Waals surface area contributed by atoms with Gasteiger partial charge in [-0.3, -0.25) is 9.79 Å². The van der Waals surface area contributed by atoms with Gasteiger partial charge in [0.15, 0.2) is 4.83 Å². The lowest BCUT2D eigenvalue weighted by Crippen LogP contribution is -1.83. The van der Waals surface area contributed by atoms with Crippen LogP contribution in [0, 0.1) is 0 Å². The molecule has 0 saturated carbocycles. The molecule has 0 fully saturated rings. The van der Waals surface area contributed by atoms with Gasteiger partial charge >= 0.3 is 0 Å². The van der Waals surface area contributed by atoms with E-state index in [2.05, 4.69) is 4.99 Å². The molecule has 0 N–H and O–H groups in total. The number of nitrogens with zero attached hydrogens (tertiary/aromatic N) is 1. The third kappa shape index (κ3) is 1.17. The van der Waals surface area contributed by atoms with Crippen LogP contribution in [0.4, 0.5) is 0 Å². The molecule has 1 unspecified atom stereocenters. The summed E-state index contributed by atoms with van der Waals surface area (Å²) < 4.78 is 0. The summed E-state index contributed by atoms with van der Waals surface area (Å²) in [7, 11) is 0. The average molecular weight is 136 g/mol. The maximum atomic E-state index is 10.2. The van der Waals surface area contributed by atoms with Crippen molar-refractivity contribution in [3.8, 4) is 0 Å². The summed E-state index contributed by atoms with van der Waals surface area (Å²) in [4.78, 5) is 13.4. The van der Waals surface area contributed by atoms with Crippen LogP contribution in [-0.2, 0) is 4.79 Å². The first kappa shape index (κ1) is 5.12. The number of aliphatic imine (C=N–C) groups is 1. The highest BCUT2D eigenvalue weighted by molar-refractivity contribution is 8.17. The lowest BCUT2D eigenvalue weighted by Gasteiger charge is -1.84. The van der Waals surface area contributed by atoms with Crippen LogP contribution >= 0.6 is 23.4 Å². The molecule has 0 aromatic carbocycles. The van der Waals surface area contributed by atoms with E-state index >= 15 is 0 Å². The summed E-state index contributed by atoms with van der Waals surface area (Å²) in [6.07, 6.45) is 1.24. The van der Waals surface area contributed by atoms with Gasteiger partial charge in [0.25, 0.3) is 0 Å². The summed E-state index contributed by atoms with van der Waals surface area (Å²) in [6.45, 7) is 0. The van der Waals surface area contributed by atoms with E-state index < -0.39 is 0 Å². The molecule has 2 nitrogen and oxygen atoms in total. The van der Waals surface area contributed by atoms with Crippen LogP contribution in [0.3, 0.4) is 0 Å². The number of carbonyl (C=O) groups excluding carboxylic acids is 1. The molecular formula is C3H2ClNOS. The molecular weight excluding hydrogens is 134 g/mol. The van der Waals surface area contributed by atoms with Gasteiger partial charge in [-0.05, 0) is 11.8 Å². The van der Waals surface area contributed by atoms with Crippen LogP contribution in [0.2, 0.25) is 0 Å². The second kappa shape index (κ2) is 1.84. The minimum Gasteiger partial charge on any atom is -0.280 e. The lowest BCUT2D eigenvalue weighted by atomic mass is 10.8. The number of rotatable bonds is 0. The Morgan fingerprint density at radius 2 is 2.71 bits per heavy atom. The van der Waals surface area contributed by atoms with Gasteiger partial charge in [0, 0.05) is 0 Å². The maximum Gasteiger partial charge on any atom is 0.233 e. The van der Waals surface area contributed by atoms with Crippen LogP contribution in [0.5, 0.6) is 0 Å². The highest BCUT2D eigenvalue weighted by Gasteiger charge is 2.13. The predicted octanol–water partition coefficient (Wildman–Crippen LogP) is 0.853. The summed E-state index contributed by atoms with van der Waals surface area (Å²) in [5, 5.41) is -0.0556. The van der Waals surface area contributed by atoms with Gasteiger partial charge in [0.1, 0.15) is 0 Å². The quantitative estimate of drug-likeness (QED) is 0.364. The molecule has 1 atom stereocenters. The van der Waals surface area contributed by atoms with E-state index in [9.17, 15) is 4.79 Å². The number of hydrogen-bond donors (Lipinski definition) is 0. The molecule has 0 bridgehead atoms. The number of alkyl halides is 1. The Labute approximate surface area is 49.9 Å². The number of halogens is 1. The zero-order chi connectivity index (χ0) is 5.28. The highest BCUT2D eigenvalue weighted by Crippen LogP contribution is 2.20. The molecule has 0 spiro atoms. The van der Waals surface area contributed by atoms with Crippen molar-refractivity contribution in [2.45, 2.75) is 4.83 Å². The van der Waals surface area contributed by atoms with E-state index in [1.165, 1.54) is 6.21 Å². The second-order valence-corrected chi connectivity index (χ2v) is 2.76. The Morgan fingerprint density at radius 3 is 2.86 bits per heavy atom. The molecule has 4 heteroatoms. The van der Waals surface area contributed by atoms with E-state index in [0.29, 0.717) is 0 Å². The van der Waals surface area contributed by atoms with Crippen LogP contribution in [0.1, 0.15) is 0 Å². The molecule has 1 rings (SSSR count). The Balaban J connectivity index is 2.58. The van der Waals surface area contributed by atoms with Gasteiger partial charge in [-0.2, -0.15) is 0 Å². The first-order chi connectivity index (χ1) is 3.29. The molecule has 0 saturated heterocycles. The topological polar surface area (TPSA) is 29.4 Å². The molecule has 0 aromatic heterocycles. The van der Waals surface area contributed by atoms with Crippen molar-refractivity contribution in [3.63, 3.8) is 0 Å². The van der Waals surface area contributed by atoms with Gasteiger partial charge in [0.2, 0.25) is 5.12 Å². The van der Waals surface area contributed by atoms with Crippen molar-refractivity contribution in [3.05, 3.63) is 0 Å². The van der Waals surface area contributed by atoms with E-state index in [0.717, 1.165) is 11.8 Å². The van der Waals surface area contributed by atoms with Gasteiger partial charge in [-0.15, -0.1) is 0 Å². The van der Waals surface area contributed by atoms with Gasteiger partial charge in [-0.1, -0.05) is 11.6 Å². The van der Waals surface area contributed by atoms with E-state index in [1.807, 2.05) is 0 Å². The Hall–Kier alpha value is -0.0200. The SMILES string of the molecule is O=C1C=NC(Cl)S1. The zero-order valence-electron chi connectivity index (χ0n) is 3.30. The number of carbonyl (C=O) groups is 1. The first-order valence-corrected chi connectivity index (χ1v) is 2.98. The molecule has 0 aliphatic carbocycles. The third-order valence-corrected chi connectivity index (χ3v) is 1.54. The van der Waals surface area contributed by atoms with Crippen LogP contribution in [0.15, 0.2) is 4.99 Å². The fraction of sp³-hybridized carbons (Fsp3) is 0.333. The molecule has 38 valence electrons. The Bertz CT molecular complexity index is 124. The smallest absolute Gasteiger partial charge is 0.233 e. The molecule has 1 aliphatic rings. The molecule has 0 radical (unpaired) electrons. The Morgan fingerprint density at radius 1 is 2.00 bits per heavy atom. The van der Waals surface area contributed by atoms with Crippen LogP contribution in [-0.4, -0.2) is 16.2 Å². The van der Waals surface area contributed by atoms with Crippen molar-refractivity contribution in [1.82, 2.24) is 0 Å². The summed E-state index contributed by atoms with van der Waals surface area (Å²) in [5.41, 5.74) is 0. The van der Waals surface area contributed by atoms with E-state index in [-0.39, 0.29) is 9.95 Å². The lowest BCUT2D eigenvalue weighted by molar-refractivity contribution is -0.105. The highest BCUT2D eigenvalue weighted by atomic mass is 35.5. The van der Waals surface area contributed by atoms with Gasteiger partial charge in [-0.25, -0.2) is 0 Å². The normalized spacial score (nSPS) is 29.3. The molecule has 0 aromatic rings. The fourth-order valence-corrected chi connectivity index (χ4v) is 1.03. The summed E-state index contributed by atoms with van der Waals surface area (Å²) in [6, 6.07) is 0. The van der Waals surface area contributed by atoms with Crippen molar-refractivity contribution in [2.75, 3.05) is 0 Å². The van der Waals surface area contributed by atoms with Crippen molar-refractivity contribution < 1.29 is 4.79 Å². The van der Waals surface area contributed by atoms with Crippen molar-refractivity contribution in [2.24, 2.45) is 4.99 Å². The molecule has 1 heterocycles. The van der Waals surface area contributed by atoms with Crippen molar-refractivity contribution >= 4 is 34.7 Å². The van der Waals surface area contributed by atoms with Crippen molar-refractivity contribution in [1.29, 1.82) is 0 Å². The van der Waals surface area contributed by atoms with E-state index in [1.54, 1.807) is 0 Å². The molecule has 1 aliphatic heterocycles. The molecule has 0 amide bonds. The minimum absolute atomic E-state index is 0.0556. The largest absolute Gasteiger partial charge is 0.280 e.